The number of rotatable bonds is 4. The molecule has 0 bridgehead atoms. The molecule has 1 aliphatic rings. The monoisotopic (exact) mass is 436 g/mol. The van der Waals surface area contributed by atoms with E-state index in [1.807, 2.05) is 12.1 Å². The van der Waals surface area contributed by atoms with Crippen molar-refractivity contribution in [3.8, 4) is 11.5 Å². The van der Waals surface area contributed by atoms with E-state index in [1.165, 1.54) is 24.1 Å². The van der Waals surface area contributed by atoms with Gasteiger partial charge in [0.25, 0.3) is 0 Å². The van der Waals surface area contributed by atoms with Crippen LogP contribution in [0, 0.1) is 5.95 Å². The fourth-order valence-electron chi connectivity index (χ4n) is 3.35. The maximum absolute atomic E-state index is 13.2. The van der Waals surface area contributed by atoms with Gasteiger partial charge in [-0.05, 0) is 54.8 Å². The number of phenolic OH excluding ortho intramolecular Hbond substituents is 1. The number of benzene rings is 2. The number of hydrogen-bond donors (Lipinski definition) is 2. The van der Waals surface area contributed by atoms with Crippen LogP contribution in [0.5, 0.6) is 11.5 Å². The molecule has 156 valence electrons. The van der Waals surface area contributed by atoms with E-state index in [0.29, 0.717) is 30.2 Å². The average molecular weight is 436 g/mol. The van der Waals surface area contributed by atoms with Crippen molar-refractivity contribution in [2.24, 2.45) is 0 Å². The molecule has 1 unspecified atom stereocenters. The molecule has 9 heteroatoms. The third-order valence-electron chi connectivity index (χ3n) is 4.75. The van der Waals surface area contributed by atoms with Gasteiger partial charge < -0.3 is 14.6 Å². The van der Waals surface area contributed by atoms with Crippen LogP contribution in [0.1, 0.15) is 29.0 Å². The summed E-state index contributed by atoms with van der Waals surface area (Å²) in [5, 5.41) is 10.2. The van der Waals surface area contributed by atoms with Crippen LogP contribution in [0.3, 0.4) is 0 Å². The average Bonchev–Trinajstić information content (AvgIpc) is 2.71. The smallest absolute Gasteiger partial charge is 0.416 e. The summed E-state index contributed by atoms with van der Waals surface area (Å²) in [6.45, 7) is 0.366. The first-order chi connectivity index (χ1) is 14.3. The lowest BCUT2D eigenvalue weighted by Gasteiger charge is -2.27. The van der Waals surface area contributed by atoms with Gasteiger partial charge >= 0.3 is 6.18 Å². The SMILES string of the molecule is Oc1cc(C(F)(F)F)ccc1C1CCOc2cc(SNc3cccc(F)n3)ccc21. The zero-order chi connectivity index (χ0) is 21.3. The Morgan fingerprint density at radius 3 is 2.60 bits per heavy atom. The second-order valence-electron chi connectivity index (χ2n) is 6.71. The van der Waals surface area contributed by atoms with Crippen molar-refractivity contribution < 1.29 is 27.4 Å². The van der Waals surface area contributed by atoms with Gasteiger partial charge in [-0.25, -0.2) is 4.98 Å². The Morgan fingerprint density at radius 2 is 1.87 bits per heavy atom. The molecule has 2 heterocycles. The van der Waals surface area contributed by atoms with E-state index < -0.39 is 17.7 Å². The highest BCUT2D eigenvalue weighted by molar-refractivity contribution is 8.00. The summed E-state index contributed by atoms with van der Waals surface area (Å²) in [4.78, 5) is 4.51. The molecule has 0 fully saturated rings. The Kier molecular flexibility index (Phi) is 5.46. The van der Waals surface area contributed by atoms with Crippen molar-refractivity contribution in [3.05, 3.63) is 77.2 Å². The lowest BCUT2D eigenvalue weighted by Crippen LogP contribution is -2.16. The fourth-order valence-corrected chi connectivity index (χ4v) is 3.99. The summed E-state index contributed by atoms with van der Waals surface area (Å²) in [6, 6.07) is 12.9. The third-order valence-corrected chi connectivity index (χ3v) is 5.55. The lowest BCUT2D eigenvalue weighted by molar-refractivity contribution is -0.137. The summed E-state index contributed by atoms with van der Waals surface area (Å²) < 4.78 is 60.5. The Labute approximate surface area is 174 Å². The number of hydrogen-bond acceptors (Lipinski definition) is 5. The van der Waals surface area contributed by atoms with E-state index in [9.17, 15) is 22.7 Å². The van der Waals surface area contributed by atoms with Crippen LogP contribution in [0.25, 0.3) is 0 Å². The van der Waals surface area contributed by atoms with Gasteiger partial charge in [-0.1, -0.05) is 18.2 Å². The molecule has 2 aromatic carbocycles. The van der Waals surface area contributed by atoms with Gasteiger partial charge in [-0.2, -0.15) is 17.6 Å². The van der Waals surface area contributed by atoms with Crippen LogP contribution < -0.4 is 9.46 Å². The second-order valence-corrected chi connectivity index (χ2v) is 7.59. The van der Waals surface area contributed by atoms with Crippen molar-refractivity contribution in [2.45, 2.75) is 23.4 Å². The van der Waals surface area contributed by atoms with Crippen molar-refractivity contribution >= 4 is 17.8 Å². The standard InChI is InChI=1S/C21H16F4N2O2S/c22-19-2-1-3-20(26-19)27-30-13-5-7-16-14(8-9-29-18(16)11-13)15-6-4-12(10-17(15)28)21(23,24)25/h1-7,10-11,14,28H,8-9H2,(H,26,27). The molecular formula is C21H16F4N2O2S. The Bertz CT molecular complexity index is 1080. The number of aromatic hydroxyl groups is 1. The second kappa shape index (κ2) is 8.06. The molecule has 1 atom stereocenters. The third kappa shape index (κ3) is 4.30. The first-order valence-electron chi connectivity index (χ1n) is 9.03. The number of nitrogens with zero attached hydrogens (tertiary/aromatic N) is 1. The zero-order valence-corrected chi connectivity index (χ0v) is 16.2. The van der Waals surface area contributed by atoms with Crippen molar-refractivity contribution in [2.75, 3.05) is 11.3 Å². The number of ether oxygens (including phenoxy) is 1. The van der Waals surface area contributed by atoms with Crippen molar-refractivity contribution in [1.82, 2.24) is 4.98 Å². The first kappa shape index (κ1) is 20.3. The Hall–Kier alpha value is -2.94. The van der Waals surface area contributed by atoms with Gasteiger partial charge in [0, 0.05) is 21.9 Å². The topological polar surface area (TPSA) is 54.4 Å². The molecule has 30 heavy (non-hydrogen) atoms. The summed E-state index contributed by atoms with van der Waals surface area (Å²) in [6.07, 6.45) is -3.98. The van der Waals surface area contributed by atoms with Crippen LogP contribution in [0.4, 0.5) is 23.4 Å². The van der Waals surface area contributed by atoms with E-state index in [4.69, 9.17) is 4.74 Å². The molecule has 2 N–H and O–H groups in total. The van der Waals surface area contributed by atoms with Gasteiger partial charge in [0.2, 0.25) is 5.95 Å². The minimum absolute atomic E-state index is 0.284. The highest BCUT2D eigenvalue weighted by Crippen LogP contribution is 2.44. The maximum Gasteiger partial charge on any atom is 0.416 e. The van der Waals surface area contributed by atoms with E-state index in [2.05, 4.69) is 9.71 Å². The Morgan fingerprint density at radius 1 is 1.07 bits per heavy atom. The first-order valence-corrected chi connectivity index (χ1v) is 9.85. The molecule has 3 aromatic rings. The molecule has 0 saturated carbocycles. The lowest BCUT2D eigenvalue weighted by atomic mass is 9.86. The quantitative estimate of drug-likeness (QED) is 0.299. The fraction of sp³-hybridized carbons (Fsp3) is 0.190. The number of anilines is 1. The largest absolute Gasteiger partial charge is 0.508 e. The number of halogens is 4. The Balaban J connectivity index is 1.56. The summed E-state index contributed by atoms with van der Waals surface area (Å²) in [5.74, 6) is -0.308. The molecule has 4 nitrogen and oxygen atoms in total. The molecule has 0 saturated heterocycles. The van der Waals surface area contributed by atoms with Gasteiger partial charge in [-0.3, -0.25) is 0 Å². The molecule has 0 spiro atoms. The number of pyridine rings is 1. The number of aromatic nitrogens is 1. The van der Waals surface area contributed by atoms with Crippen LogP contribution >= 0.6 is 11.9 Å². The van der Waals surface area contributed by atoms with Crippen LogP contribution in [0.2, 0.25) is 0 Å². The summed E-state index contributed by atoms with van der Waals surface area (Å²) in [7, 11) is 0. The normalized spacial score (nSPS) is 15.9. The number of nitrogens with one attached hydrogen (secondary N) is 1. The highest BCUT2D eigenvalue weighted by atomic mass is 32.2. The van der Waals surface area contributed by atoms with Gasteiger partial charge in [0.05, 0.1) is 12.2 Å². The molecule has 4 rings (SSSR count). The van der Waals surface area contributed by atoms with E-state index >= 15 is 0 Å². The van der Waals surface area contributed by atoms with Crippen LogP contribution in [-0.4, -0.2) is 16.7 Å². The van der Waals surface area contributed by atoms with Crippen LogP contribution in [-0.2, 0) is 6.18 Å². The minimum atomic E-state index is -4.51. The molecular weight excluding hydrogens is 420 g/mol. The van der Waals surface area contributed by atoms with Gasteiger partial charge in [-0.15, -0.1) is 0 Å². The molecule has 0 radical (unpaired) electrons. The predicted octanol–water partition coefficient (Wildman–Crippen LogP) is 5.98. The van der Waals surface area contributed by atoms with Crippen molar-refractivity contribution in [3.63, 3.8) is 0 Å². The summed E-state index contributed by atoms with van der Waals surface area (Å²) >= 11 is 1.23. The van der Waals surface area contributed by atoms with Gasteiger partial charge in [0.15, 0.2) is 0 Å². The number of fused-ring (bicyclic) bond motifs is 1. The van der Waals surface area contributed by atoms with Crippen LogP contribution in [0.15, 0.2) is 59.5 Å². The van der Waals surface area contributed by atoms with E-state index in [0.717, 1.165) is 22.6 Å². The zero-order valence-electron chi connectivity index (χ0n) is 15.4. The molecule has 1 aliphatic heterocycles. The van der Waals surface area contributed by atoms with Gasteiger partial charge in [0.1, 0.15) is 17.3 Å². The van der Waals surface area contributed by atoms with E-state index in [-0.39, 0.29) is 11.7 Å². The molecule has 0 aliphatic carbocycles. The van der Waals surface area contributed by atoms with E-state index in [1.54, 1.807) is 18.2 Å². The maximum atomic E-state index is 13.2. The predicted molar refractivity (Wildman–Crippen MR) is 105 cm³/mol. The highest BCUT2D eigenvalue weighted by Gasteiger charge is 2.32. The minimum Gasteiger partial charge on any atom is -0.508 e. The number of phenols is 1. The molecule has 1 aromatic heterocycles. The number of alkyl halides is 3. The molecule has 0 amide bonds. The summed E-state index contributed by atoms with van der Waals surface area (Å²) in [5.41, 5.74) is 0.319. The van der Waals surface area contributed by atoms with Crippen molar-refractivity contribution in [1.29, 1.82) is 0 Å².